The van der Waals surface area contributed by atoms with E-state index < -0.39 is 30.0 Å². The molecule has 0 saturated carbocycles. The standard InChI is InChI=1S/C13H7ClF2O3S/c14-12-4-3-11(20-12)13(18)19-6-10(17)7-1-2-8(15)9(16)5-7/h1-5H,6H2. The molecule has 0 radical (unpaired) electrons. The van der Waals surface area contributed by atoms with Gasteiger partial charge in [-0.2, -0.15) is 0 Å². The van der Waals surface area contributed by atoms with Crippen molar-refractivity contribution in [3.8, 4) is 0 Å². The van der Waals surface area contributed by atoms with Crippen LogP contribution in [0.4, 0.5) is 8.78 Å². The van der Waals surface area contributed by atoms with Crippen molar-refractivity contribution in [2.45, 2.75) is 0 Å². The zero-order valence-electron chi connectivity index (χ0n) is 9.86. The Labute approximate surface area is 121 Å². The van der Waals surface area contributed by atoms with E-state index in [4.69, 9.17) is 16.3 Å². The molecule has 0 N–H and O–H groups in total. The smallest absolute Gasteiger partial charge is 0.348 e. The van der Waals surface area contributed by atoms with Crippen molar-refractivity contribution < 1.29 is 23.1 Å². The number of hydrogen-bond donors (Lipinski definition) is 0. The second-order valence-corrected chi connectivity index (χ2v) is 5.45. The van der Waals surface area contributed by atoms with Crippen molar-refractivity contribution in [1.29, 1.82) is 0 Å². The van der Waals surface area contributed by atoms with E-state index in [2.05, 4.69) is 0 Å². The van der Waals surface area contributed by atoms with Crippen LogP contribution in [-0.4, -0.2) is 18.4 Å². The quantitative estimate of drug-likeness (QED) is 0.638. The van der Waals surface area contributed by atoms with Crippen molar-refractivity contribution in [1.82, 2.24) is 0 Å². The number of rotatable bonds is 4. The maximum Gasteiger partial charge on any atom is 0.348 e. The Morgan fingerprint density at radius 3 is 2.50 bits per heavy atom. The number of thiophene rings is 1. The van der Waals surface area contributed by atoms with Crippen LogP contribution in [0.15, 0.2) is 30.3 Å². The molecule has 2 aromatic rings. The first-order valence-corrected chi connectivity index (χ1v) is 6.57. The average molecular weight is 317 g/mol. The number of halogens is 3. The number of ketones is 1. The fraction of sp³-hybridized carbons (Fsp3) is 0.0769. The lowest BCUT2D eigenvalue weighted by atomic mass is 10.1. The van der Waals surface area contributed by atoms with Gasteiger partial charge in [-0.15, -0.1) is 11.3 Å². The van der Waals surface area contributed by atoms with Crippen LogP contribution < -0.4 is 0 Å². The third-order valence-electron chi connectivity index (χ3n) is 2.35. The van der Waals surface area contributed by atoms with Gasteiger partial charge in [0.25, 0.3) is 0 Å². The lowest BCUT2D eigenvalue weighted by molar-refractivity contribution is 0.0479. The zero-order chi connectivity index (χ0) is 14.7. The monoisotopic (exact) mass is 316 g/mol. The summed E-state index contributed by atoms with van der Waals surface area (Å²) in [6.45, 7) is -0.556. The molecule has 0 spiro atoms. The van der Waals surface area contributed by atoms with Gasteiger partial charge < -0.3 is 4.74 Å². The topological polar surface area (TPSA) is 43.4 Å². The number of carbonyl (C=O) groups excluding carboxylic acids is 2. The molecule has 1 aromatic carbocycles. The van der Waals surface area contributed by atoms with E-state index in [1.54, 1.807) is 0 Å². The van der Waals surface area contributed by atoms with E-state index in [1.807, 2.05) is 0 Å². The predicted molar refractivity (Wildman–Crippen MR) is 70.3 cm³/mol. The van der Waals surface area contributed by atoms with E-state index >= 15 is 0 Å². The van der Waals surface area contributed by atoms with Crippen molar-refractivity contribution in [3.05, 3.63) is 56.7 Å². The molecule has 20 heavy (non-hydrogen) atoms. The molecule has 7 heteroatoms. The van der Waals surface area contributed by atoms with E-state index in [0.717, 1.165) is 29.5 Å². The highest BCUT2D eigenvalue weighted by atomic mass is 35.5. The van der Waals surface area contributed by atoms with Crippen LogP contribution in [0.3, 0.4) is 0 Å². The molecule has 1 heterocycles. The van der Waals surface area contributed by atoms with Crippen LogP contribution >= 0.6 is 22.9 Å². The molecule has 2 rings (SSSR count). The lowest BCUT2D eigenvalue weighted by Crippen LogP contribution is -2.13. The first kappa shape index (κ1) is 14.6. The minimum atomic E-state index is -1.13. The lowest BCUT2D eigenvalue weighted by Gasteiger charge is -2.03. The summed E-state index contributed by atoms with van der Waals surface area (Å²) in [7, 11) is 0. The van der Waals surface area contributed by atoms with Crippen LogP contribution in [0.1, 0.15) is 20.0 Å². The zero-order valence-corrected chi connectivity index (χ0v) is 11.4. The summed E-state index contributed by atoms with van der Waals surface area (Å²) in [5.41, 5.74) is -0.0686. The molecular formula is C13H7ClF2O3S. The van der Waals surface area contributed by atoms with E-state index in [1.165, 1.54) is 12.1 Å². The minimum absolute atomic E-state index is 0.0686. The Morgan fingerprint density at radius 2 is 1.90 bits per heavy atom. The van der Waals surface area contributed by atoms with Gasteiger partial charge >= 0.3 is 5.97 Å². The Balaban J connectivity index is 1.98. The van der Waals surface area contributed by atoms with Gasteiger partial charge in [-0.25, -0.2) is 13.6 Å². The van der Waals surface area contributed by atoms with Crippen LogP contribution in [0.5, 0.6) is 0 Å². The molecule has 104 valence electrons. The Hall–Kier alpha value is -1.79. The summed E-state index contributed by atoms with van der Waals surface area (Å²) in [5.74, 6) is -3.50. The average Bonchev–Trinajstić information content (AvgIpc) is 2.85. The first-order chi connectivity index (χ1) is 9.47. The second-order valence-electron chi connectivity index (χ2n) is 3.73. The van der Waals surface area contributed by atoms with Crippen molar-refractivity contribution in [3.63, 3.8) is 0 Å². The second kappa shape index (κ2) is 6.11. The molecule has 1 aromatic heterocycles. The molecule has 0 saturated heterocycles. The largest absolute Gasteiger partial charge is 0.453 e. The van der Waals surface area contributed by atoms with Crippen LogP contribution in [-0.2, 0) is 4.74 Å². The Kier molecular flexibility index (Phi) is 4.46. The summed E-state index contributed by atoms with van der Waals surface area (Å²) >= 11 is 6.68. The van der Waals surface area contributed by atoms with Gasteiger partial charge in [-0.3, -0.25) is 4.79 Å². The van der Waals surface area contributed by atoms with Crippen molar-refractivity contribution in [2.24, 2.45) is 0 Å². The highest BCUT2D eigenvalue weighted by molar-refractivity contribution is 7.17. The van der Waals surface area contributed by atoms with Gasteiger partial charge in [0.05, 0.1) is 4.34 Å². The highest BCUT2D eigenvalue weighted by Crippen LogP contribution is 2.22. The highest BCUT2D eigenvalue weighted by Gasteiger charge is 2.15. The normalized spacial score (nSPS) is 10.3. The maximum atomic E-state index is 13.0. The SMILES string of the molecule is O=C(COC(=O)c1ccc(Cl)s1)c1ccc(F)c(F)c1. The van der Waals surface area contributed by atoms with E-state index in [-0.39, 0.29) is 10.4 Å². The van der Waals surface area contributed by atoms with Gasteiger partial charge in [-0.05, 0) is 30.3 Å². The number of Topliss-reactive ketones (excluding diaryl/α,β-unsaturated/α-hetero) is 1. The molecule has 0 aliphatic heterocycles. The Bertz CT molecular complexity index is 669. The summed E-state index contributed by atoms with van der Waals surface area (Å²) in [4.78, 5) is 23.5. The third-order valence-corrected chi connectivity index (χ3v) is 3.56. The number of carbonyl (C=O) groups is 2. The molecule has 0 unspecified atom stereocenters. The first-order valence-electron chi connectivity index (χ1n) is 5.38. The maximum absolute atomic E-state index is 13.0. The van der Waals surface area contributed by atoms with Crippen molar-refractivity contribution in [2.75, 3.05) is 6.61 Å². The van der Waals surface area contributed by atoms with Gasteiger partial charge in [0.1, 0.15) is 4.88 Å². The fourth-order valence-electron chi connectivity index (χ4n) is 1.38. The molecule has 0 amide bonds. The minimum Gasteiger partial charge on any atom is -0.453 e. The summed E-state index contributed by atoms with van der Waals surface area (Å²) in [6, 6.07) is 5.71. The number of hydrogen-bond acceptors (Lipinski definition) is 4. The molecule has 0 aliphatic carbocycles. The van der Waals surface area contributed by atoms with Gasteiger partial charge in [0.15, 0.2) is 24.0 Å². The van der Waals surface area contributed by atoms with E-state index in [9.17, 15) is 18.4 Å². The number of ether oxygens (including phenoxy) is 1. The van der Waals surface area contributed by atoms with E-state index in [0.29, 0.717) is 4.34 Å². The number of esters is 1. The fourth-order valence-corrected chi connectivity index (χ4v) is 2.32. The third kappa shape index (κ3) is 3.40. The molecular weight excluding hydrogens is 310 g/mol. The molecule has 0 bridgehead atoms. The Morgan fingerprint density at radius 1 is 1.15 bits per heavy atom. The predicted octanol–water partition coefficient (Wildman–Crippen LogP) is 3.72. The van der Waals surface area contributed by atoms with Gasteiger partial charge in [0.2, 0.25) is 0 Å². The van der Waals surface area contributed by atoms with Crippen molar-refractivity contribution >= 4 is 34.7 Å². The molecule has 0 aliphatic rings. The summed E-state index contributed by atoms with van der Waals surface area (Å²) in [6.07, 6.45) is 0. The van der Waals surface area contributed by atoms with Gasteiger partial charge in [0, 0.05) is 5.56 Å². The summed E-state index contributed by atoms with van der Waals surface area (Å²) in [5, 5.41) is 0. The summed E-state index contributed by atoms with van der Waals surface area (Å²) < 4.78 is 30.9. The van der Waals surface area contributed by atoms with Crippen LogP contribution in [0, 0.1) is 11.6 Å². The number of benzene rings is 1. The molecule has 0 fully saturated rings. The van der Waals surface area contributed by atoms with Crippen LogP contribution in [0.2, 0.25) is 4.34 Å². The molecule has 3 nitrogen and oxygen atoms in total. The van der Waals surface area contributed by atoms with Crippen LogP contribution in [0.25, 0.3) is 0 Å². The van der Waals surface area contributed by atoms with Gasteiger partial charge in [-0.1, -0.05) is 11.6 Å². The molecule has 0 atom stereocenters.